The topological polar surface area (TPSA) is 45.2 Å². The van der Waals surface area contributed by atoms with Crippen molar-refractivity contribution < 1.29 is 9.18 Å². The minimum Gasteiger partial charge on any atom is -0.351 e. The summed E-state index contributed by atoms with van der Waals surface area (Å²) in [7, 11) is 0. The first kappa shape index (κ1) is 13.9. The van der Waals surface area contributed by atoms with Crippen LogP contribution in [-0.4, -0.2) is 42.0 Å². The van der Waals surface area contributed by atoms with Crippen molar-refractivity contribution in [1.29, 1.82) is 0 Å². The highest BCUT2D eigenvalue weighted by Crippen LogP contribution is 2.08. The van der Waals surface area contributed by atoms with Gasteiger partial charge < -0.3 is 10.2 Å². The standard InChI is InChI=1S/C14H20FN3O/c15-13-12(6-5-7-16-13)14(19)17-8-11-18-9-3-1-2-4-10-18/h5-7H,1-4,8-11H2,(H,17,19). The van der Waals surface area contributed by atoms with Crippen LogP contribution in [0.1, 0.15) is 36.0 Å². The summed E-state index contributed by atoms with van der Waals surface area (Å²) in [5.41, 5.74) is 0.0124. The van der Waals surface area contributed by atoms with Crippen LogP contribution in [0.15, 0.2) is 18.3 Å². The Hall–Kier alpha value is -1.49. The van der Waals surface area contributed by atoms with Gasteiger partial charge in [0.25, 0.3) is 5.91 Å². The van der Waals surface area contributed by atoms with Crippen LogP contribution in [0.25, 0.3) is 0 Å². The number of aromatic nitrogens is 1. The van der Waals surface area contributed by atoms with E-state index in [-0.39, 0.29) is 11.5 Å². The van der Waals surface area contributed by atoms with Gasteiger partial charge in [-0.1, -0.05) is 12.8 Å². The van der Waals surface area contributed by atoms with Crippen molar-refractivity contribution in [1.82, 2.24) is 15.2 Å². The van der Waals surface area contributed by atoms with E-state index >= 15 is 0 Å². The lowest BCUT2D eigenvalue weighted by Crippen LogP contribution is -2.35. The molecular formula is C14H20FN3O. The lowest BCUT2D eigenvalue weighted by atomic mass is 10.2. The van der Waals surface area contributed by atoms with Crippen molar-refractivity contribution in [2.24, 2.45) is 0 Å². The van der Waals surface area contributed by atoms with E-state index in [1.807, 2.05) is 0 Å². The second-order valence-electron chi connectivity index (χ2n) is 4.85. The fourth-order valence-electron chi connectivity index (χ4n) is 2.34. The van der Waals surface area contributed by atoms with Crippen LogP contribution in [0, 0.1) is 5.95 Å². The SMILES string of the molecule is O=C(NCCN1CCCCCC1)c1cccnc1F. The molecule has 0 aromatic carbocycles. The van der Waals surface area contributed by atoms with E-state index in [9.17, 15) is 9.18 Å². The number of rotatable bonds is 4. The molecule has 1 fully saturated rings. The Morgan fingerprint density at radius 1 is 1.32 bits per heavy atom. The van der Waals surface area contributed by atoms with Gasteiger partial charge in [-0.3, -0.25) is 4.79 Å². The first-order chi connectivity index (χ1) is 9.27. The van der Waals surface area contributed by atoms with E-state index in [0.717, 1.165) is 19.6 Å². The summed E-state index contributed by atoms with van der Waals surface area (Å²) in [5, 5.41) is 2.75. The van der Waals surface area contributed by atoms with Gasteiger partial charge in [-0.05, 0) is 38.1 Å². The molecule has 0 spiro atoms. The molecule has 104 valence electrons. The molecule has 4 nitrogen and oxygen atoms in total. The van der Waals surface area contributed by atoms with E-state index < -0.39 is 5.95 Å². The molecule has 19 heavy (non-hydrogen) atoms. The zero-order valence-corrected chi connectivity index (χ0v) is 11.1. The number of amides is 1. The third-order valence-corrected chi connectivity index (χ3v) is 3.42. The Bertz CT molecular complexity index is 417. The molecule has 1 N–H and O–H groups in total. The number of likely N-dealkylation sites (tertiary alicyclic amines) is 1. The highest BCUT2D eigenvalue weighted by Gasteiger charge is 2.12. The van der Waals surface area contributed by atoms with Gasteiger partial charge in [0.2, 0.25) is 5.95 Å². The summed E-state index contributed by atoms with van der Waals surface area (Å²) in [6.07, 6.45) is 6.38. The van der Waals surface area contributed by atoms with Crippen LogP contribution < -0.4 is 5.32 Å². The van der Waals surface area contributed by atoms with E-state index in [2.05, 4.69) is 15.2 Å². The predicted octanol–water partition coefficient (Wildman–Crippen LogP) is 1.83. The van der Waals surface area contributed by atoms with Crippen LogP contribution >= 0.6 is 0 Å². The van der Waals surface area contributed by atoms with Gasteiger partial charge in [0.05, 0.1) is 5.56 Å². The monoisotopic (exact) mass is 265 g/mol. The molecule has 0 atom stereocenters. The second-order valence-corrected chi connectivity index (χ2v) is 4.85. The van der Waals surface area contributed by atoms with Crippen molar-refractivity contribution in [3.63, 3.8) is 0 Å². The number of carbonyl (C=O) groups is 1. The minimum absolute atomic E-state index is 0.0124. The van der Waals surface area contributed by atoms with Gasteiger partial charge in [0.1, 0.15) is 0 Å². The lowest BCUT2D eigenvalue weighted by molar-refractivity contribution is 0.0943. The number of hydrogen-bond donors (Lipinski definition) is 1. The molecule has 0 saturated carbocycles. The van der Waals surface area contributed by atoms with Gasteiger partial charge >= 0.3 is 0 Å². The van der Waals surface area contributed by atoms with E-state index in [1.54, 1.807) is 6.07 Å². The van der Waals surface area contributed by atoms with Crippen molar-refractivity contribution in [2.75, 3.05) is 26.2 Å². The highest BCUT2D eigenvalue weighted by molar-refractivity contribution is 5.94. The summed E-state index contributed by atoms with van der Waals surface area (Å²) >= 11 is 0. The fourth-order valence-corrected chi connectivity index (χ4v) is 2.34. The fraction of sp³-hybridized carbons (Fsp3) is 0.571. The zero-order valence-electron chi connectivity index (χ0n) is 11.1. The Kier molecular flexibility index (Phi) is 5.27. The highest BCUT2D eigenvalue weighted by atomic mass is 19.1. The molecule has 0 radical (unpaired) electrons. The molecule has 5 heteroatoms. The number of halogens is 1. The maximum Gasteiger partial charge on any atom is 0.255 e. The van der Waals surface area contributed by atoms with Gasteiger partial charge in [0.15, 0.2) is 0 Å². The number of pyridine rings is 1. The molecule has 1 saturated heterocycles. The number of nitrogens with one attached hydrogen (secondary N) is 1. The third kappa shape index (κ3) is 4.28. The summed E-state index contributed by atoms with van der Waals surface area (Å²) < 4.78 is 13.3. The normalized spacial score (nSPS) is 16.9. The van der Waals surface area contributed by atoms with Crippen LogP contribution in [0.3, 0.4) is 0 Å². The van der Waals surface area contributed by atoms with E-state index in [1.165, 1.54) is 37.9 Å². The van der Waals surface area contributed by atoms with Gasteiger partial charge in [-0.2, -0.15) is 4.39 Å². The maximum atomic E-state index is 13.3. The van der Waals surface area contributed by atoms with Crippen molar-refractivity contribution in [2.45, 2.75) is 25.7 Å². The van der Waals surface area contributed by atoms with Crippen molar-refractivity contribution in [3.8, 4) is 0 Å². The van der Waals surface area contributed by atoms with Crippen molar-refractivity contribution >= 4 is 5.91 Å². The molecule has 2 rings (SSSR count). The molecule has 1 aliphatic rings. The molecule has 1 aliphatic heterocycles. The Morgan fingerprint density at radius 3 is 2.74 bits per heavy atom. The smallest absolute Gasteiger partial charge is 0.255 e. The minimum atomic E-state index is -0.713. The lowest BCUT2D eigenvalue weighted by Gasteiger charge is -2.19. The largest absolute Gasteiger partial charge is 0.351 e. The summed E-state index contributed by atoms with van der Waals surface area (Å²) in [5.74, 6) is -1.10. The third-order valence-electron chi connectivity index (χ3n) is 3.42. The summed E-state index contributed by atoms with van der Waals surface area (Å²) in [6.45, 7) is 3.56. The molecular weight excluding hydrogens is 245 g/mol. The number of carbonyl (C=O) groups excluding carboxylic acids is 1. The molecule has 1 amide bonds. The summed E-state index contributed by atoms with van der Waals surface area (Å²) in [6, 6.07) is 3.01. The molecule has 0 bridgehead atoms. The van der Waals surface area contributed by atoms with Gasteiger partial charge in [-0.25, -0.2) is 4.98 Å². The molecule has 0 unspecified atom stereocenters. The molecule has 1 aromatic heterocycles. The number of nitrogens with zero attached hydrogens (tertiary/aromatic N) is 2. The Balaban J connectivity index is 1.76. The van der Waals surface area contributed by atoms with Crippen LogP contribution in [0.4, 0.5) is 4.39 Å². The molecule has 1 aromatic rings. The van der Waals surface area contributed by atoms with Crippen LogP contribution in [0.5, 0.6) is 0 Å². The predicted molar refractivity (Wildman–Crippen MR) is 71.4 cm³/mol. The quantitative estimate of drug-likeness (QED) is 0.845. The van der Waals surface area contributed by atoms with E-state index in [0.29, 0.717) is 6.54 Å². The Labute approximate surface area is 113 Å². The van der Waals surface area contributed by atoms with Crippen LogP contribution in [0.2, 0.25) is 0 Å². The average molecular weight is 265 g/mol. The summed E-state index contributed by atoms with van der Waals surface area (Å²) in [4.78, 5) is 17.6. The average Bonchev–Trinajstić information content (AvgIpc) is 2.68. The van der Waals surface area contributed by atoms with Gasteiger partial charge in [-0.15, -0.1) is 0 Å². The maximum absolute atomic E-state index is 13.3. The van der Waals surface area contributed by atoms with Gasteiger partial charge in [0, 0.05) is 19.3 Å². The molecule has 0 aliphatic carbocycles. The Morgan fingerprint density at radius 2 is 2.05 bits per heavy atom. The molecule has 2 heterocycles. The van der Waals surface area contributed by atoms with E-state index in [4.69, 9.17) is 0 Å². The van der Waals surface area contributed by atoms with Crippen molar-refractivity contribution in [3.05, 3.63) is 29.8 Å². The second kappa shape index (κ2) is 7.19. The first-order valence-electron chi connectivity index (χ1n) is 6.88. The number of hydrogen-bond acceptors (Lipinski definition) is 3. The zero-order chi connectivity index (χ0) is 13.5. The first-order valence-corrected chi connectivity index (χ1v) is 6.88. The van der Waals surface area contributed by atoms with Crippen LogP contribution in [-0.2, 0) is 0 Å².